The van der Waals surface area contributed by atoms with Gasteiger partial charge in [0.1, 0.15) is 5.00 Å². The van der Waals surface area contributed by atoms with Gasteiger partial charge in [-0.05, 0) is 25.4 Å². The molecule has 0 unspecified atom stereocenters. The number of carbonyl (C=O) groups excluding carboxylic acids is 1. The summed E-state index contributed by atoms with van der Waals surface area (Å²) in [4.78, 5) is 11.4. The third kappa shape index (κ3) is 4.41. The molecule has 0 aliphatic carbocycles. The van der Waals surface area contributed by atoms with Gasteiger partial charge < -0.3 is 14.8 Å². The number of ether oxygens (including phenoxy) is 2. The highest BCUT2D eigenvalue weighted by atomic mass is 32.1. The molecule has 0 fully saturated rings. The molecule has 1 heterocycles. The Kier molecular flexibility index (Phi) is 6.10. The van der Waals surface area contributed by atoms with Crippen LogP contribution in [0.3, 0.4) is 0 Å². The molecule has 6 heteroatoms. The molecule has 17 heavy (non-hydrogen) atoms. The van der Waals surface area contributed by atoms with E-state index in [9.17, 15) is 4.79 Å². The number of hydrogen-bond acceptors (Lipinski definition) is 6. The number of hydrogen-bond donors (Lipinski definition) is 1. The number of aryl methyl sites for hydroxylation is 1. The first kappa shape index (κ1) is 14.1. The van der Waals surface area contributed by atoms with Crippen molar-refractivity contribution in [3.63, 3.8) is 0 Å². The van der Waals surface area contributed by atoms with Gasteiger partial charge in [-0.1, -0.05) is 0 Å². The average molecular weight is 258 g/mol. The molecule has 0 bridgehead atoms. The standard InChI is InChI=1S/C11H18N2O3S/c1-8-10(9(2)14)11(17-13-8)12-4-5-16-7-6-15-3/h12H,4-7H2,1-3H3. The lowest BCUT2D eigenvalue weighted by atomic mass is 10.2. The van der Waals surface area contributed by atoms with Crippen LogP contribution in [0.5, 0.6) is 0 Å². The van der Waals surface area contributed by atoms with Crippen LogP contribution >= 0.6 is 11.5 Å². The van der Waals surface area contributed by atoms with Crippen molar-refractivity contribution in [2.45, 2.75) is 13.8 Å². The summed E-state index contributed by atoms with van der Waals surface area (Å²) in [5.74, 6) is 0.0408. The molecule has 0 amide bonds. The number of methoxy groups -OCH3 is 1. The predicted molar refractivity (Wildman–Crippen MR) is 68.0 cm³/mol. The lowest BCUT2D eigenvalue weighted by Gasteiger charge is -2.06. The Morgan fingerprint density at radius 1 is 1.41 bits per heavy atom. The van der Waals surface area contributed by atoms with E-state index < -0.39 is 0 Å². The van der Waals surface area contributed by atoms with Crippen molar-refractivity contribution < 1.29 is 14.3 Å². The van der Waals surface area contributed by atoms with E-state index in [0.29, 0.717) is 31.9 Å². The van der Waals surface area contributed by atoms with Gasteiger partial charge in [-0.2, -0.15) is 4.37 Å². The fourth-order valence-corrected chi connectivity index (χ4v) is 2.25. The van der Waals surface area contributed by atoms with Crippen LogP contribution in [0.25, 0.3) is 0 Å². The Labute approximate surface area is 105 Å². The van der Waals surface area contributed by atoms with E-state index in [2.05, 4.69) is 9.69 Å². The third-order valence-corrected chi connectivity index (χ3v) is 3.07. The van der Waals surface area contributed by atoms with Crippen LogP contribution in [0, 0.1) is 6.92 Å². The Morgan fingerprint density at radius 2 is 2.18 bits per heavy atom. The van der Waals surface area contributed by atoms with Crippen molar-refractivity contribution in [1.82, 2.24) is 4.37 Å². The molecule has 5 nitrogen and oxygen atoms in total. The first-order valence-corrected chi connectivity index (χ1v) is 6.22. The zero-order chi connectivity index (χ0) is 12.7. The molecule has 0 radical (unpaired) electrons. The second-order valence-electron chi connectivity index (χ2n) is 3.56. The fraction of sp³-hybridized carbons (Fsp3) is 0.636. The van der Waals surface area contributed by atoms with E-state index in [-0.39, 0.29) is 5.78 Å². The number of carbonyl (C=O) groups is 1. The van der Waals surface area contributed by atoms with Crippen molar-refractivity contribution in [3.8, 4) is 0 Å². The normalized spacial score (nSPS) is 10.5. The van der Waals surface area contributed by atoms with E-state index in [1.54, 1.807) is 14.0 Å². The van der Waals surface area contributed by atoms with E-state index >= 15 is 0 Å². The maximum atomic E-state index is 11.4. The first-order chi connectivity index (χ1) is 8.16. The Balaban J connectivity index is 2.34. The quantitative estimate of drug-likeness (QED) is 0.568. The largest absolute Gasteiger partial charge is 0.382 e. The summed E-state index contributed by atoms with van der Waals surface area (Å²) in [6.45, 7) is 5.81. The predicted octanol–water partition coefficient (Wildman–Crippen LogP) is 1.73. The van der Waals surface area contributed by atoms with Crippen molar-refractivity contribution >= 4 is 22.3 Å². The highest BCUT2D eigenvalue weighted by molar-refractivity contribution is 7.10. The molecule has 96 valence electrons. The molecule has 1 aromatic heterocycles. The minimum Gasteiger partial charge on any atom is -0.382 e. The van der Waals surface area contributed by atoms with Crippen molar-refractivity contribution in [1.29, 1.82) is 0 Å². The van der Waals surface area contributed by atoms with Crippen molar-refractivity contribution in [2.75, 3.05) is 38.8 Å². The number of nitrogens with zero attached hydrogens (tertiary/aromatic N) is 1. The number of ketones is 1. The fourth-order valence-electron chi connectivity index (χ4n) is 1.39. The van der Waals surface area contributed by atoms with Gasteiger partial charge in [-0.25, -0.2) is 0 Å². The van der Waals surface area contributed by atoms with Crippen LogP contribution < -0.4 is 5.32 Å². The zero-order valence-corrected chi connectivity index (χ0v) is 11.2. The molecule has 0 saturated carbocycles. The van der Waals surface area contributed by atoms with Gasteiger partial charge in [0, 0.05) is 13.7 Å². The van der Waals surface area contributed by atoms with Crippen LogP contribution in [0.2, 0.25) is 0 Å². The van der Waals surface area contributed by atoms with Crippen LogP contribution in [0.1, 0.15) is 23.0 Å². The summed E-state index contributed by atoms with van der Waals surface area (Å²) in [7, 11) is 1.64. The number of nitrogens with one attached hydrogen (secondary N) is 1. The van der Waals surface area contributed by atoms with Gasteiger partial charge in [-0.15, -0.1) is 0 Å². The SMILES string of the molecule is COCCOCCNc1snc(C)c1C(C)=O. The van der Waals surface area contributed by atoms with E-state index in [0.717, 1.165) is 10.7 Å². The number of rotatable bonds is 8. The molecule has 1 rings (SSSR count). The monoisotopic (exact) mass is 258 g/mol. The summed E-state index contributed by atoms with van der Waals surface area (Å²) in [6, 6.07) is 0. The maximum absolute atomic E-state index is 11.4. The lowest BCUT2D eigenvalue weighted by Crippen LogP contribution is -2.12. The van der Waals surface area contributed by atoms with Gasteiger partial charge in [0.25, 0.3) is 0 Å². The summed E-state index contributed by atoms with van der Waals surface area (Å²) < 4.78 is 14.3. The minimum absolute atomic E-state index is 0.0408. The highest BCUT2D eigenvalue weighted by Gasteiger charge is 2.13. The second kappa shape index (κ2) is 7.37. The van der Waals surface area contributed by atoms with Gasteiger partial charge in [-0.3, -0.25) is 4.79 Å². The smallest absolute Gasteiger partial charge is 0.164 e. The van der Waals surface area contributed by atoms with Gasteiger partial charge >= 0.3 is 0 Å². The second-order valence-corrected chi connectivity index (χ2v) is 4.33. The topological polar surface area (TPSA) is 60.5 Å². The van der Waals surface area contributed by atoms with Crippen molar-refractivity contribution in [2.24, 2.45) is 0 Å². The third-order valence-electron chi connectivity index (χ3n) is 2.18. The van der Waals surface area contributed by atoms with Gasteiger partial charge in [0.2, 0.25) is 0 Å². The van der Waals surface area contributed by atoms with Gasteiger partial charge in [0.05, 0.1) is 31.1 Å². The molecule has 0 aliphatic rings. The van der Waals surface area contributed by atoms with Crippen LogP contribution in [-0.2, 0) is 9.47 Å². The average Bonchev–Trinajstić information content (AvgIpc) is 2.65. The Hall–Kier alpha value is -0.980. The lowest BCUT2D eigenvalue weighted by molar-refractivity contribution is 0.0759. The van der Waals surface area contributed by atoms with Crippen LogP contribution in [0.4, 0.5) is 5.00 Å². The number of Topliss-reactive ketones (excluding diaryl/α,β-unsaturated/α-hetero) is 1. The Morgan fingerprint density at radius 3 is 2.82 bits per heavy atom. The molecule has 1 N–H and O–H groups in total. The van der Waals surface area contributed by atoms with Crippen LogP contribution in [0.15, 0.2) is 0 Å². The highest BCUT2D eigenvalue weighted by Crippen LogP contribution is 2.24. The molecule has 0 aromatic carbocycles. The maximum Gasteiger partial charge on any atom is 0.164 e. The Bertz CT molecular complexity index is 366. The first-order valence-electron chi connectivity index (χ1n) is 5.44. The molecular weight excluding hydrogens is 240 g/mol. The molecule has 0 atom stereocenters. The summed E-state index contributed by atoms with van der Waals surface area (Å²) in [5.41, 5.74) is 1.47. The van der Waals surface area contributed by atoms with E-state index in [4.69, 9.17) is 9.47 Å². The molecule has 0 spiro atoms. The zero-order valence-electron chi connectivity index (χ0n) is 10.4. The van der Waals surface area contributed by atoms with E-state index in [1.165, 1.54) is 11.5 Å². The van der Waals surface area contributed by atoms with E-state index in [1.807, 2.05) is 6.92 Å². The van der Waals surface area contributed by atoms with Crippen LogP contribution in [-0.4, -0.2) is 43.6 Å². The molecule has 1 aromatic rings. The molecule has 0 saturated heterocycles. The summed E-state index contributed by atoms with van der Waals surface area (Å²) >= 11 is 1.31. The summed E-state index contributed by atoms with van der Waals surface area (Å²) in [5, 5.41) is 3.99. The molecular formula is C11H18N2O3S. The van der Waals surface area contributed by atoms with Gasteiger partial charge in [0.15, 0.2) is 5.78 Å². The number of anilines is 1. The number of aromatic nitrogens is 1. The van der Waals surface area contributed by atoms with Crippen molar-refractivity contribution in [3.05, 3.63) is 11.3 Å². The minimum atomic E-state index is 0.0408. The molecule has 0 aliphatic heterocycles. The summed E-state index contributed by atoms with van der Waals surface area (Å²) in [6.07, 6.45) is 0.